The topological polar surface area (TPSA) is 102 Å². The summed E-state index contributed by atoms with van der Waals surface area (Å²) < 4.78 is 31.5. The zero-order chi connectivity index (χ0) is 20.4. The van der Waals surface area contributed by atoms with Crippen LogP contribution in [0.2, 0.25) is 0 Å². The second-order valence-electron chi connectivity index (χ2n) is 5.83. The highest BCUT2D eigenvalue weighted by atomic mass is 32.2. The van der Waals surface area contributed by atoms with Crippen LogP contribution in [0.25, 0.3) is 0 Å². The van der Waals surface area contributed by atoms with E-state index in [1.54, 1.807) is 0 Å². The van der Waals surface area contributed by atoms with Crippen LogP contribution >= 0.6 is 0 Å². The zero-order valence-corrected chi connectivity index (χ0v) is 16.1. The molecule has 2 aromatic rings. The van der Waals surface area contributed by atoms with E-state index in [9.17, 15) is 18.0 Å². The van der Waals surface area contributed by atoms with Gasteiger partial charge in [0, 0.05) is 13.1 Å². The normalized spacial score (nSPS) is 10.9. The lowest BCUT2D eigenvalue weighted by molar-refractivity contribution is -0.124. The van der Waals surface area contributed by atoms with Gasteiger partial charge in [-0.15, -0.1) is 6.58 Å². The van der Waals surface area contributed by atoms with Gasteiger partial charge in [-0.25, -0.2) is 17.9 Å². The third-order valence-corrected chi connectivity index (χ3v) is 5.13. The van der Waals surface area contributed by atoms with Crippen LogP contribution in [0.1, 0.15) is 15.9 Å². The van der Waals surface area contributed by atoms with Gasteiger partial charge >= 0.3 is 5.97 Å². The molecule has 1 amide bonds. The summed E-state index contributed by atoms with van der Waals surface area (Å²) in [6.07, 6.45) is 2.07. The van der Waals surface area contributed by atoms with Crippen molar-refractivity contribution in [2.24, 2.45) is 0 Å². The number of hydrogen-bond acceptors (Lipinski definition) is 5. The fourth-order valence-electron chi connectivity index (χ4n) is 2.30. The summed E-state index contributed by atoms with van der Waals surface area (Å²) in [4.78, 5) is 23.8. The number of hydrogen-bond donors (Lipinski definition) is 2. The van der Waals surface area contributed by atoms with Gasteiger partial charge in [-0.1, -0.05) is 42.5 Å². The van der Waals surface area contributed by atoms with E-state index < -0.39 is 28.5 Å². The van der Waals surface area contributed by atoms with E-state index in [0.717, 1.165) is 5.56 Å². The molecule has 7 nitrogen and oxygen atoms in total. The highest BCUT2D eigenvalue weighted by Crippen LogP contribution is 2.12. The summed E-state index contributed by atoms with van der Waals surface area (Å²) in [6.45, 7) is 3.49. The maximum absolute atomic E-state index is 12.1. The van der Waals surface area contributed by atoms with E-state index in [1.165, 1.54) is 30.3 Å². The van der Waals surface area contributed by atoms with Crippen LogP contribution in [0.5, 0.6) is 0 Å². The Labute approximate surface area is 164 Å². The smallest absolute Gasteiger partial charge is 0.338 e. The first-order chi connectivity index (χ1) is 13.4. The number of nitrogens with one attached hydrogen (secondary N) is 2. The molecule has 0 saturated carbocycles. The summed E-state index contributed by atoms with van der Waals surface area (Å²) in [5, 5.41) is 2.67. The predicted octanol–water partition coefficient (Wildman–Crippen LogP) is 1.67. The number of amides is 1. The first-order valence-electron chi connectivity index (χ1n) is 8.61. The fraction of sp³-hybridized carbons (Fsp3) is 0.200. The number of carbonyl (C=O) groups excluding carboxylic acids is 2. The fourth-order valence-corrected chi connectivity index (χ4v) is 3.34. The number of ether oxygens (including phenoxy) is 1. The van der Waals surface area contributed by atoms with Gasteiger partial charge < -0.3 is 10.1 Å². The molecule has 0 unspecified atom stereocenters. The number of benzene rings is 2. The first kappa shape index (κ1) is 21.3. The average molecular weight is 402 g/mol. The Morgan fingerprint density at radius 1 is 1.07 bits per heavy atom. The Morgan fingerprint density at radius 2 is 1.82 bits per heavy atom. The van der Waals surface area contributed by atoms with Crippen molar-refractivity contribution < 1.29 is 22.7 Å². The Morgan fingerprint density at radius 3 is 2.54 bits per heavy atom. The quantitative estimate of drug-likeness (QED) is 0.465. The Balaban J connectivity index is 1.84. The van der Waals surface area contributed by atoms with Crippen molar-refractivity contribution in [2.75, 3.05) is 19.7 Å². The zero-order valence-electron chi connectivity index (χ0n) is 15.3. The van der Waals surface area contributed by atoms with Crippen molar-refractivity contribution in [3.63, 3.8) is 0 Å². The molecule has 0 spiro atoms. The SMILES string of the molecule is C=CCNS(=O)(=O)c1cccc(C(=O)OCC(=O)NCCc2ccccc2)c1. The van der Waals surface area contributed by atoms with Crippen LogP contribution in [0, 0.1) is 0 Å². The standard InChI is InChI=1S/C20H22N2O5S/c1-2-12-22-28(25,26)18-10-6-9-17(14-18)20(24)27-15-19(23)21-13-11-16-7-4-3-5-8-16/h2-10,14,22H,1,11-13,15H2,(H,21,23). The van der Waals surface area contributed by atoms with Crippen molar-refractivity contribution in [1.82, 2.24) is 10.0 Å². The van der Waals surface area contributed by atoms with Crippen LogP contribution in [0.3, 0.4) is 0 Å². The maximum Gasteiger partial charge on any atom is 0.338 e. The monoisotopic (exact) mass is 402 g/mol. The maximum atomic E-state index is 12.1. The molecule has 0 aliphatic carbocycles. The molecule has 0 radical (unpaired) electrons. The summed E-state index contributed by atoms with van der Waals surface area (Å²) in [6, 6.07) is 15.1. The van der Waals surface area contributed by atoms with Gasteiger partial charge in [-0.3, -0.25) is 4.79 Å². The molecule has 0 atom stereocenters. The lowest BCUT2D eigenvalue weighted by atomic mass is 10.1. The predicted molar refractivity (Wildman–Crippen MR) is 105 cm³/mol. The molecule has 0 heterocycles. The molecule has 0 aliphatic rings. The minimum absolute atomic E-state index is 0.0403. The van der Waals surface area contributed by atoms with E-state index in [0.29, 0.717) is 13.0 Å². The van der Waals surface area contributed by atoms with Crippen molar-refractivity contribution in [1.29, 1.82) is 0 Å². The second kappa shape index (κ2) is 10.4. The van der Waals surface area contributed by atoms with Gasteiger partial charge in [0.15, 0.2) is 6.61 Å². The largest absolute Gasteiger partial charge is 0.452 e. The number of esters is 1. The number of rotatable bonds is 10. The molecular weight excluding hydrogens is 380 g/mol. The van der Waals surface area contributed by atoms with E-state index >= 15 is 0 Å². The van der Waals surface area contributed by atoms with Crippen molar-refractivity contribution in [2.45, 2.75) is 11.3 Å². The van der Waals surface area contributed by atoms with Crippen LogP contribution in [-0.2, 0) is 26.0 Å². The molecule has 0 aromatic heterocycles. The lowest BCUT2D eigenvalue weighted by Gasteiger charge is -2.08. The van der Waals surface area contributed by atoms with Crippen molar-refractivity contribution >= 4 is 21.9 Å². The minimum Gasteiger partial charge on any atom is -0.452 e. The lowest BCUT2D eigenvalue weighted by Crippen LogP contribution is -2.30. The summed E-state index contributed by atoms with van der Waals surface area (Å²) in [5.41, 5.74) is 1.13. The van der Waals surface area contributed by atoms with E-state index in [1.807, 2.05) is 30.3 Å². The third-order valence-electron chi connectivity index (χ3n) is 3.71. The molecular formula is C20H22N2O5S. The van der Waals surface area contributed by atoms with E-state index in [4.69, 9.17) is 4.74 Å². The summed E-state index contributed by atoms with van der Waals surface area (Å²) >= 11 is 0. The Hall–Kier alpha value is -2.97. The minimum atomic E-state index is -3.76. The molecule has 8 heteroatoms. The molecule has 0 saturated heterocycles. The molecule has 0 fully saturated rings. The molecule has 28 heavy (non-hydrogen) atoms. The van der Waals surface area contributed by atoms with Crippen molar-refractivity contribution in [3.05, 3.63) is 78.4 Å². The highest BCUT2D eigenvalue weighted by Gasteiger charge is 2.16. The first-order valence-corrected chi connectivity index (χ1v) is 10.1. The summed E-state index contributed by atoms with van der Waals surface area (Å²) in [7, 11) is -3.76. The van der Waals surface area contributed by atoms with Crippen LogP contribution in [0.15, 0.2) is 72.1 Å². The average Bonchev–Trinajstić information content (AvgIpc) is 2.71. The molecule has 2 N–H and O–H groups in total. The number of sulfonamides is 1. The van der Waals surface area contributed by atoms with E-state index in [2.05, 4.69) is 16.6 Å². The Bertz CT molecular complexity index is 927. The molecule has 2 aromatic carbocycles. The van der Waals surface area contributed by atoms with Gasteiger partial charge in [0.25, 0.3) is 5.91 Å². The van der Waals surface area contributed by atoms with Gasteiger partial charge in [0.05, 0.1) is 10.5 Å². The highest BCUT2D eigenvalue weighted by molar-refractivity contribution is 7.89. The molecule has 0 bridgehead atoms. The van der Waals surface area contributed by atoms with Gasteiger partial charge in [0.1, 0.15) is 0 Å². The second-order valence-corrected chi connectivity index (χ2v) is 7.60. The van der Waals surface area contributed by atoms with E-state index in [-0.39, 0.29) is 17.0 Å². The van der Waals surface area contributed by atoms with Crippen LogP contribution < -0.4 is 10.0 Å². The Kier molecular flexibility index (Phi) is 7.91. The number of carbonyl (C=O) groups is 2. The van der Waals surface area contributed by atoms with Crippen LogP contribution in [-0.4, -0.2) is 40.0 Å². The van der Waals surface area contributed by atoms with Crippen molar-refractivity contribution in [3.8, 4) is 0 Å². The van der Waals surface area contributed by atoms with Gasteiger partial charge in [-0.2, -0.15) is 0 Å². The van der Waals surface area contributed by atoms with Gasteiger partial charge in [0.2, 0.25) is 10.0 Å². The third kappa shape index (κ3) is 6.64. The van der Waals surface area contributed by atoms with Gasteiger partial charge in [-0.05, 0) is 30.2 Å². The molecule has 2 rings (SSSR count). The molecule has 0 aliphatic heterocycles. The summed E-state index contributed by atoms with van der Waals surface area (Å²) in [5.74, 6) is -1.21. The molecule has 148 valence electrons. The van der Waals surface area contributed by atoms with Crippen LogP contribution in [0.4, 0.5) is 0 Å².